The van der Waals surface area contributed by atoms with Crippen molar-refractivity contribution in [3.63, 3.8) is 0 Å². The van der Waals surface area contributed by atoms with E-state index in [1.54, 1.807) is 7.05 Å². The molecule has 130 valence electrons. The van der Waals surface area contributed by atoms with E-state index in [1.807, 2.05) is 29.8 Å². The van der Waals surface area contributed by atoms with E-state index in [2.05, 4.69) is 17.0 Å². The average molecular weight is 339 g/mol. The third-order valence-electron chi connectivity index (χ3n) is 5.15. The lowest BCUT2D eigenvalue weighted by atomic mass is 10.2. The maximum absolute atomic E-state index is 12.6. The first-order chi connectivity index (χ1) is 12.0. The number of aromatic nitrogens is 4. The number of benzene rings is 1. The highest BCUT2D eigenvalue weighted by Crippen LogP contribution is 2.35. The molecule has 0 bridgehead atoms. The Labute approximate surface area is 144 Å². The maximum atomic E-state index is 12.6. The second-order valence-electron chi connectivity index (χ2n) is 6.59. The summed E-state index contributed by atoms with van der Waals surface area (Å²) in [5, 5.41) is 0. The van der Waals surface area contributed by atoms with Gasteiger partial charge in [0.05, 0.1) is 6.04 Å². The van der Waals surface area contributed by atoms with Crippen LogP contribution in [0.4, 0.5) is 5.69 Å². The molecule has 4 rings (SSSR count). The minimum Gasteiger partial charge on any atom is -0.361 e. The lowest BCUT2D eigenvalue weighted by Gasteiger charge is -2.26. The number of rotatable bonds is 2. The van der Waals surface area contributed by atoms with Gasteiger partial charge in [-0.25, -0.2) is 9.78 Å². The molecule has 0 aliphatic carbocycles. The van der Waals surface area contributed by atoms with E-state index in [-0.39, 0.29) is 17.3 Å². The summed E-state index contributed by atoms with van der Waals surface area (Å²) in [4.78, 5) is 31.8. The normalized spacial score (nSPS) is 17.6. The molecule has 0 amide bonds. The maximum Gasteiger partial charge on any atom is 0.332 e. The Hall–Kier alpha value is -2.83. The standard InChI is InChI=1S/C18H21N5O2/c1-20-14-16(21(2)18(25)22(3)17(14)24)19-15(20)13-10-7-11-23(13)12-8-5-4-6-9-12/h4-6,8-9,13H,7,10-11H2,1-3H3. The van der Waals surface area contributed by atoms with Crippen LogP contribution in [0.1, 0.15) is 24.7 Å². The van der Waals surface area contributed by atoms with Crippen molar-refractivity contribution in [1.29, 1.82) is 0 Å². The smallest absolute Gasteiger partial charge is 0.332 e. The molecule has 7 nitrogen and oxygen atoms in total. The Morgan fingerprint density at radius 3 is 2.44 bits per heavy atom. The van der Waals surface area contributed by atoms with Gasteiger partial charge in [-0.05, 0) is 25.0 Å². The van der Waals surface area contributed by atoms with Crippen LogP contribution in [0.15, 0.2) is 39.9 Å². The highest BCUT2D eigenvalue weighted by molar-refractivity contribution is 5.71. The molecular weight excluding hydrogens is 318 g/mol. The number of anilines is 1. The molecule has 3 heterocycles. The van der Waals surface area contributed by atoms with E-state index in [9.17, 15) is 9.59 Å². The molecule has 0 spiro atoms. The van der Waals surface area contributed by atoms with Crippen molar-refractivity contribution in [2.45, 2.75) is 18.9 Å². The van der Waals surface area contributed by atoms with Crippen molar-refractivity contribution in [3.05, 3.63) is 57.0 Å². The number of fused-ring (bicyclic) bond motifs is 1. The number of para-hydroxylation sites is 1. The van der Waals surface area contributed by atoms with E-state index >= 15 is 0 Å². The number of imidazole rings is 1. The van der Waals surface area contributed by atoms with Gasteiger partial charge in [-0.3, -0.25) is 13.9 Å². The zero-order chi connectivity index (χ0) is 17.7. The first-order valence-electron chi connectivity index (χ1n) is 8.44. The van der Waals surface area contributed by atoms with Crippen LogP contribution in [0, 0.1) is 0 Å². The number of nitrogens with zero attached hydrogens (tertiary/aromatic N) is 5. The van der Waals surface area contributed by atoms with E-state index in [4.69, 9.17) is 4.98 Å². The Morgan fingerprint density at radius 2 is 1.72 bits per heavy atom. The van der Waals surface area contributed by atoms with Crippen molar-refractivity contribution in [3.8, 4) is 0 Å². The third kappa shape index (κ3) is 2.22. The molecule has 1 aliphatic rings. The van der Waals surface area contributed by atoms with Crippen molar-refractivity contribution < 1.29 is 0 Å². The SMILES string of the molecule is Cn1c(=O)c2c(nc(C3CCCN3c3ccccc3)n2C)n(C)c1=O. The Balaban J connectivity index is 1.92. The Morgan fingerprint density at radius 1 is 1.00 bits per heavy atom. The molecular formula is C18H21N5O2. The van der Waals surface area contributed by atoms with Crippen LogP contribution < -0.4 is 16.1 Å². The van der Waals surface area contributed by atoms with Crippen molar-refractivity contribution >= 4 is 16.9 Å². The number of hydrogen-bond acceptors (Lipinski definition) is 4. The molecule has 2 aromatic heterocycles. The zero-order valence-corrected chi connectivity index (χ0v) is 14.6. The van der Waals surface area contributed by atoms with Crippen LogP contribution in [0.3, 0.4) is 0 Å². The topological polar surface area (TPSA) is 65.1 Å². The van der Waals surface area contributed by atoms with Crippen LogP contribution in [0.5, 0.6) is 0 Å². The van der Waals surface area contributed by atoms with Gasteiger partial charge in [0, 0.05) is 33.4 Å². The summed E-state index contributed by atoms with van der Waals surface area (Å²) >= 11 is 0. The fourth-order valence-corrected chi connectivity index (χ4v) is 3.80. The molecule has 1 unspecified atom stereocenters. The summed E-state index contributed by atoms with van der Waals surface area (Å²) in [6.45, 7) is 0.953. The zero-order valence-electron chi connectivity index (χ0n) is 14.6. The molecule has 1 saturated heterocycles. The van der Waals surface area contributed by atoms with Crippen LogP contribution in [-0.2, 0) is 21.1 Å². The van der Waals surface area contributed by atoms with Crippen LogP contribution >= 0.6 is 0 Å². The number of aryl methyl sites for hydroxylation is 2. The lowest BCUT2D eigenvalue weighted by Crippen LogP contribution is -2.37. The summed E-state index contributed by atoms with van der Waals surface area (Å²) in [6.07, 6.45) is 2.04. The molecule has 1 aliphatic heterocycles. The van der Waals surface area contributed by atoms with E-state index in [1.165, 1.54) is 11.6 Å². The minimum atomic E-state index is -0.353. The second-order valence-corrected chi connectivity index (χ2v) is 6.59. The van der Waals surface area contributed by atoms with Crippen molar-refractivity contribution in [2.24, 2.45) is 21.1 Å². The lowest BCUT2D eigenvalue weighted by molar-refractivity contribution is 0.637. The van der Waals surface area contributed by atoms with Gasteiger partial charge in [-0.15, -0.1) is 0 Å². The largest absolute Gasteiger partial charge is 0.361 e. The quantitative estimate of drug-likeness (QED) is 0.706. The van der Waals surface area contributed by atoms with Crippen LogP contribution in [0.25, 0.3) is 11.2 Å². The highest BCUT2D eigenvalue weighted by atomic mass is 16.2. The molecule has 0 saturated carbocycles. The van der Waals surface area contributed by atoms with Gasteiger partial charge in [-0.2, -0.15) is 0 Å². The van der Waals surface area contributed by atoms with E-state index in [0.717, 1.165) is 35.5 Å². The predicted octanol–water partition coefficient (Wildman–Crippen LogP) is 1.31. The minimum absolute atomic E-state index is 0.0969. The molecule has 3 aromatic rings. The van der Waals surface area contributed by atoms with E-state index in [0.29, 0.717) is 11.2 Å². The summed E-state index contributed by atoms with van der Waals surface area (Å²) in [6, 6.07) is 10.3. The number of hydrogen-bond donors (Lipinski definition) is 0. The molecule has 1 aromatic carbocycles. The molecule has 7 heteroatoms. The van der Waals surface area contributed by atoms with Gasteiger partial charge in [0.15, 0.2) is 11.2 Å². The van der Waals surface area contributed by atoms with Crippen LogP contribution in [0.2, 0.25) is 0 Å². The molecule has 1 fully saturated rings. The summed E-state index contributed by atoms with van der Waals surface area (Å²) < 4.78 is 4.43. The van der Waals surface area contributed by atoms with Gasteiger partial charge in [0.1, 0.15) is 5.82 Å². The summed E-state index contributed by atoms with van der Waals surface area (Å²) in [5.74, 6) is 0.828. The van der Waals surface area contributed by atoms with Gasteiger partial charge in [0.25, 0.3) is 5.56 Å². The van der Waals surface area contributed by atoms with Gasteiger partial charge in [0.2, 0.25) is 0 Å². The summed E-state index contributed by atoms with van der Waals surface area (Å²) in [7, 11) is 5.02. The van der Waals surface area contributed by atoms with Gasteiger partial charge >= 0.3 is 5.69 Å². The fraction of sp³-hybridized carbons (Fsp3) is 0.389. The molecule has 1 atom stereocenters. The Bertz CT molecular complexity index is 1060. The molecule has 25 heavy (non-hydrogen) atoms. The first kappa shape index (κ1) is 15.7. The van der Waals surface area contributed by atoms with Crippen molar-refractivity contribution in [1.82, 2.24) is 18.7 Å². The molecule has 0 radical (unpaired) electrons. The monoisotopic (exact) mass is 339 g/mol. The Kier molecular flexibility index (Phi) is 3.52. The first-order valence-corrected chi connectivity index (χ1v) is 8.44. The van der Waals surface area contributed by atoms with E-state index < -0.39 is 0 Å². The third-order valence-corrected chi connectivity index (χ3v) is 5.15. The van der Waals surface area contributed by atoms with Gasteiger partial charge in [-0.1, -0.05) is 18.2 Å². The van der Waals surface area contributed by atoms with Gasteiger partial charge < -0.3 is 9.47 Å². The molecule has 0 N–H and O–H groups in total. The van der Waals surface area contributed by atoms with Crippen molar-refractivity contribution in [2.75, 3.05) is 11.4 Å². The second kappa shape index (κ2) is 5.61. The highest BCUT2D eigenvalue weighted by Gasteiger charge is 2.31. The summed E-state index contributed by atoms with van der Waals surface area (Å²) in [5.41, 5.74) is 1.42. The van der Waals surface area contributed by atoms with Crippen LogP contribution in [-0.4, -0.2) is 25.2 Å². The predicted molar refractivity (Wildman–Crippen MR) is 97.0 cm³/mol. The average Bonchev–Trinajstić information content (AvgIpc) is 3.23. The fourth-order valence-electron chi connectivity index (χ4n) is 3.80.